The third-order valence-corrected chi connectivity index (χ3v) is 8.50. The molecule has 3 rings (SSSR count). The van der Waals surface area contributed by atoms with E-state index in [1.807, 2.05) is 28.8 Å². The molecule has 0 N–H and O–H groups in total. The molecule has 0 atom stereocenters. The highest BCUT2D eigenvalue weighted by molar-refractivity contribution is 5.77. The van der Waals surface area contributed by atoms with Gasteiger partial charge in [0.25, 0.3) is 5.56 Å². The van der Waals surface area contributed by atoms with Crippen LogP contribution in [0.15, 0.2) is 29.1 Å². The molecule has 0 radical (unpaired) electrons. The van der Waals surface area contributed by atoms with Crippen LogP contribution in [0.1, 0.15) is 141 Å². The van der Waals surface area contributed by atoms with Gasteiger partial charge in [0.1, 0.15) is 5.82 Å². The second kappa shape index (κ2) is 19.4. The molecule has 38 heavy (non-hydrogen) atoms. The van der Waals surface area contributed by atoms with Crippen molar-refractivity contribution < 1.29 is 0 Å². The minimum atomic E-state index is 0.157. The van der Waals surface area contributed by atoms with Crippen LogP contribution in [0.5, 0.6) is 0 Å². The van der Waals surface area contributed by atoms with E-state index in [4.69, 9.17) is 4.98 Å². The van der Waals surface area contributed by atoms with Crippen LogP contribution in [0.3, 0.4) is 0 Å². The summed E-state index contributed by atoms with van der Waals surface area (Å²) >= 11 is 0. The molecule has 4 nitrogen and oxygen atoms in total. The maximum atomic E-state index is 13.3. The highest BCUT2D eigenvalue weighted by Crippen LogP contribution is 2.15. The highest BCUT2D eigenvalue weighted by Gasteiger charge is 2.13. The van der Waals surface area contributed by atoms with Gasteiger partial charge in [-0.2, -0.15) is 0 Å². The van der Waals surface area contributed by atoms with Crippen LogP contribution in [0.4, 0.5) is 0 Å². The van der Waals surface area contributed by atoms with Crippen molar-refractivity contribution in [3.05, 3.63) is 40.4 Å². The SMILES string of the molecule is CCCCCCCCCCCCCCCCCCn1c(CCCN2CCCCC2)nc2ccccc2c1=O. The van der Waals surface area contributed by atoms with Gasteiger partial charge in [-0.3, -0.25) is 9.36 Å². The minimum Gasteiger partial charge on any atom is -0.303 e. The zero-order chi connectivity index (χ0) is 26.7. The predicted molar refractivity (Wildman–Crippen MR) is 164 cm³/mol. The summed E-state index contributed by atoms with van der Waals surface area (Å²) in [5.74, 6) is 0.992. The first-order valence-corrected chi connectivity index (χ1v) is 16.5. The summed E-state index contributed by atoms with van der Waals surface area (Å²) in [6, 6.07) is 7.88. The van der Waals surface area contributed by atoms with Gasteiger partial charge in [-0.05, 0) is 57.5 Å². The molecule has 1 saturated heterocycles. The number of hydrogen-bond acceptors (Lipinski definition) is 3. The van der Waals surface area contributed by atoms with E-state index in [-0.39, 0.29) is 5.56 Å². The number of likely N-dealkylation sites (tertiary alicyclic amines) is 1. The van der Waals surface area contributed by atoms with Crippen LogP contribution < -0.4 is 5.56 Å². The second-order valence-corrected chi connectivity index (χ2v) is 11.8. The Bertz CT molecular complexity index is 931. The molecule has 4 heteroatoms. The molecule has 214 valence electrons. The quantitative estimate of drug-likeness (QED) is 0.153. The molecule has 0 spiro atoms. The fraction of sp³-hybridized carbons (Fsp3) is 0.765. The van der Waals surface area contributed by atoms with Crippen molar-refractivity contribution in [2.45, 2.75) is 148 Å². The van der Waals surface area contributed by atoms with E-state index >= 15 is 0 Å². The van der Waals surface area contributed by atoms with Crippen molar-refractivity contribution in [1.82, 2.24) is 14.5 Å². The van der Waals surface area contributed by atoms with Crippen LogP contribution in [-0.2, 0) is 13.0 Å². The van der Waals surface area contributed by atoms with Crippen molar-refractivity contribution in [1.29, 1.82) is 0 Å². The molecule has 0 amide bonds. The van der Waals surface area contributed by atoms with Crippen LogP contribution in [-0.4, -0.2) is 34.1 Å². The Morgan fingerprint density at radius 3 is 1.82 bits per heavy atom. The van der Waals surface area contributed by atoms with Gasteiger partial charge in [0.2, 0.25) is 0 Å². The largest absolute Gasteiger partial charge is 0.303 e. The minimum absolute atomic E-state index is 0.157. The summed E-state index contributed by atoms with van der Waals surface area (Å²) in [6.45, 7) is 6.70. The number of aryl methyl sites for hydroxylation is 1. The summed E-state index contributed by atoms with van der Waals surface area (Å²) in [4.78, 5) is 20.9. The molecule has 0 aliphatic carbocycles. The molecule has 1 aliphatic heterocycles. The Hall–Kier alpha value is -1.68. The lowest BCUT2D eigenvalue weighted by Crippen LogP contribution is -2.31. The van der Waals surface area contributed by atoms with Crippen molar-refractivity contribution in [2.24, 2.45) is 0 Å². The van der Waals surface area contributed by atoms with Gasteiger partial charge in [0.15, 0.2) is 0 Å². The third-order valence-electron chi connectivity index (χ3n) is 8.50. The summed E-state index contributed by atoms with van der Waals surface area (Å²) in [5.41, 5.74) is 1.01. The zero-order valence-electron chi connectivity index (χ0n) is 24.7. The number of rotatable bonds is 21. The Kier molecular flexibility index (Phi) is 15.7. The zero-order valence-corrected chi connectivity index (χ0v) is 24.7. The number of benzene rings is 1. The Morgan fingerprint density at radius 1 is 0.658 bits per heavy atom. The van der Waals surface area contributed by atoms with E-state index in [0.717, 1.165) is 49.1 Å². The van der Waals surface area contributed by atoms with Crippen LogP contribution in [0.2, 0.25) is 0 Å². The number of fused-ring (bicyclic) bond motifs is 1. The Labute approximate surface area is 233 Å². The van der Waals surface area contributed by atoms with E-state index in [0.29, 0.717) is 0 Å². The molecule has 0 unspecified atom stereocenters. The molecule has 2 aromatic rings. The highest BCUT2D eigenvalue weighted by atomic mass is 16.1. The lowest BCUT2D eigenvalue weighted by atomic mass is 10.0. The lowest BCUT2D eigenvalue weighted by molar-refractivity contribution is 0.226. The fourth-order valence-electron chi connectivity index (χ4n) is 6.10. The monoisotopic (exact) mass is 523 g/mol. The van der Waals surface area contributed by atoms with E-state index in [1.54, 1.807) is 0 Å². The molecule has 1 aromatic heterocycles. The number of piperidine rings is 1. The van der Waals surface area contributed by atoms with Crippen molar-refractivity contribution in [3.63, 3.8) is 0 Å². The normalized spacial score (nSPS) is 14.4. The molecular weight excluding hydrogens is 466 g/mol. The van der Waals surface area contributed by atoms with Crippen molar-refractivity contribution >= 4 is 10.9 Å². The maximum Gasteiger partial charge on any atom is 0.261 e. The number of hydrogen-bond donors (Lipinski definition) is 0. The van der Waals surface area contributed by atoms with Gasteiger partial charge in [-0.25, -0.2) is 4.98 Å². The van der Waals surface area contributed by atoms with Crippen LogP contribution in [0, 0.1) is 0 Å². The molecule has 0 bridgehead atoms. The summed E-state index contributed by atoms with van der Waals surface area (Å²) in [6.07, 6.45) is 28.0. The number of nitrogens with zero attached hydrogens (tertiary/aromatic N) is 3. The van der Waals surface area contributed by atoms with Crippen LogP contribution in [0.25, 0.3) is 10.9 Å². The number of para-hydroxylation sites is 1. The molecule has 1 fully saturated rings. The molecule has 1 aliphatic rings. The molecular formula is C34H57N3O. The summed E-state index contributed by atoms with van der Waals surface area (Å²) in [7, 11) is 0. The van der Waals surface area contributed by atoms with Gasteiger partial charge in [0.05, 0.1) is 10.9 Å². The average Bonchev–Trinajstić information content (AvgIpc) is 2.94. The third kappa shape index (κ3) is 11.6. The van der Waals surface area contributed by atoms with E-state index < -0.39 is 0 Å². The van der Waals surface area contributed by atoms with Crippen molar-refractivity contribution in [2.75, 3.05) is 19.6 Å². The van der Waals surface area contributed by atoms with Gasteiger partial charge < -0.3 is 4.90 Å². The van der Waals surface area contributed by atoms with Gasteiger partial charge in [-0.1, -0.05) is 122 Å². The van der Waals surface area contributed by atoms with E-state index in [9.17, 15) is 4.79 Å². The molecule has 0 saturated carbocycles. The molecule has 2 heterocycles. The van der Waals surface area contributed by atoms with Crippen LogP contribution >= 0.6 is 0 Å². The van der Waals surface area contributed by atoms with E-state index in [1.165, 1.54) is 129 Å². The topological polar surface area (TPSA) is 38.1 Å². The Balaban J connectivity index is 1.30. The Morgan fingerprint density at radius 2 is 1.21 bits per heavy atom. The summed E-state index contributed by atoms with van der Waals surface area (Å²) in [5, 5.41) is 0.767. The first kappa shape index (κ1) is 30.9. The summed E-state index contributed by atoms with van der Waals surface area (Å²) < 4.78 is 2.00. The van der Waals surface area contributed by atoms with E-state index in [2.05, 4.69) is 11.8 Å². The molecule has 1 aromatic carbocycles. The average molecular weight is 524 g/mol. The van der Waals surface area contributed by atoms with Gasteiger partial charge in [0, 0.05) is 13.0 Å². The first-order chi connectivity index (χ1) is 18.8. The van der Waals surface area contributed by atoms with Crippen molar-refractivity contribution in [3.8, 4) is 0 Å². The number of unbranched alkanes of at least 4 members (excludes halogenated alkanes) is 15. The number of aromatic nitrogens is 2. The van der Waals surface area contributed by atoms with Gasteiger partial charge in [-0.15, -0.1) is 0 Å². The lowest BCUT2D eigenvalue weighted by Gasteiger charge is -2.26. The predicted octanol–water partition coefficient (Wildman–Crippen LogP) is 9.08. The standard InChI is InChI=1S/C34H57N3O/c1-2-3-4-5-6-7-8-9-10-11-12-13-14-15-16-22-30-37-33(26-23-29-36-27-20-17-21-28-36)35-32-25-19-18-24-31(32)34(37)38/h18-19,24-25H,2-17,20-23,26-30H2,1H3. The maximum absolute atomic E-state index is 13.3. The fourth-order valence-corrected chi connectivity index (χ4v) is 6.10. The smallest absolute Gasteiger partial charge is 0.261 e. The van der Waals surface area contributed by atoms with Gasteiger partial charge >= 0.3 is 0 Å². The first-order valence-electron chi connectivity index (χ1n) is 16.5. The second-order valence-electron chi connectivity index (χ2n) is 11.8.